The molecule has 2 unspecified atom stereocenters. The Labute approximate surface area is 98.1 Å². The summed E-state index contributed by atoms with van der Waals surface area (Å²) in [5.74, 6) is -0.134. The average Bonchev–Trinajstić information content (AvgIpc) is 2.26. The Hall–Kier alpha value is -0.940. The van der Waals surface area contributed by atoms with Crippen molar-refractivity contribution >= 4 is 17.4 Å². The van der Waals surface area contributed by atoms with Crippen molar-refractivity contribution in [2.45, 2.75) is 19.1 Å². The lowest BCUT2D eigenvalue weighted by molar-refractivity contribution is -0.0152. The predicted octanol–water partition coefficient (Wildman–Crippen LogP) is 0.929. The van der Waals surface area contributed by atoms with Gasteiger partial charge in [-0.15, -0.1) is 0 Å². The number of ketones is 1. The minimum Gasteiger partial charge on any atom is -0.394 e. The topological polar surface area (TPSA) is 77.8 Å². The molecule has 0 aliphatic carbocycles. The van der Waals surface area contributed by atoms with E-state index in [4.69, 9.17) is 16.7 Å². The third-order valence-electron chi connectivity index (χ3n) is 2.28. The van der Waals surface area contributed by atoms with Gasteiger partial charge in [-0.25, -0.2) is 0 Å². The highest BCUT2D eigenvalue weighted by Gasteiger charge is 2.20. The largest absolute Gasteiger partial charge is 0.394 e. The Morgan fingerprint density at radius 3 is 2.50 bits per heavy atom. The van der Waals surface area contributed by atoms with E-state index < -0.39 is 18.8 Å². The Morgan fingerprint density at radius 2 is 2.06 bits per heavy atom. The molecule has 1 aromatic carbocycles. The summed E-state index contributed by atoms with van der Waals surface area (Å²) in [6.07, 6.45) is -2.56. The number of Topliss-reactive ketones (excluding diaryl/α,β-unsaturated/α-hetero) is 1. The zero-order valence-electron chi connectivity index (χ0n) is 8.72. The van der Waals surface area contributed by atoms with Crippen LogP contribution in [0.15, 0.2) is 18.2 Å². The highest BCUT2D eigenvalue weighted by molar-refractivity contribution is 6.31. The van der Waals surface area contributed by atoms with Crippen LogP contribution in [-0.2, 0) is 0 Å². The standard InChI is InChI=1S/C11H13ClO4/c1-6(14)7-2-3-8(9(12)4-7)11(16)10(15)5-13/h2-4,10-11,13,15-16H,5H2,1H3. The van der Waals surface area contributed by atoms with Gasteiger partial charge >= 0.3 is 0 Å². The first-order valence-corrected chi connectivity index (χ1v) is 5.12. The van der Waals surface area contributed by atoms with Gasteiger partial charge in [-0.05, 0) is 13.0 Å². The van der Waals surface area contributed by atoms with E-state index in [1.807, 2.05) is 0 Å². The molecular formula is C11H13ClO4. The van der Waals surface area contributed by atoms with Gasteiger partial charge in [0.1, 0.15) is 12.2 Å². The van der Waals surface area contributed by atoms with Crippen LogP contribution < -0.4 is 0 Å². The number of benzene rings is 1. The molecule has 0 heterocycles. The van der Waals surface area contributed by atoms with Gasteiger partial charge in [0.2, 0.25) is 0 Å². The van der Waals surface area contributed by atoms with Crippen molar-refractivity contribution in [1.29, 1.82) is 0 Å². The molecule has 0 saturated carbocycles. The third-order valence-corrected chi connectivity index (χ3v) is 2.60. The van der Waals surface area contributed by atoms with E-state index >= 15 is 0 Å². The van der Waals surface area contributed by atoms with Gasteiger partial charge in [-0.1, -0.05) is 23.7 Å². The summed E-state index contributed by atoms with van der Waals surface area (Å²) >= 11 is 5.86. The van der Waals surface area contributed by atoms with Crippen LogP contribution in [0.25, 0.3) is 0 Å². The van der Waals surface area contributed by atoms with Crippen molar-refractivity contribution in [2.75, 3.05) is 6.61 Å². The van der Waals surface area contributed by atoms with Crippen LogP contribution in [0.3, 0.4) is 0 Å². The van der Waals surface area contributed by atoms with Gasteiger partial charge in [0.05, 0.1) is 6.61 Å². The molecule has 0 bridgehead atoms. The van der Waals surface area contributed by atoms with Gasteiger partial charge in [0, 0.05) is 16.1 Å². The van der Waals surface area contributed by atoms with E-state index in [0.29, 0.717) is 5.56 Å². The lowest BCUT2D eigenvalue weighted by atomic mass is 10.0. The molecule has 0 amide bonds. The lowest BCUT2D eigenvalue weighted by Crippen LogP contribution is -2.22. The molecule has 0 aliphatic rings. The van der Waals surface area contributed by atoms with E-state index in [0.717, 1.165) is 0 Å². The Bertz CT molecular complexity index is 392. The summed E-state index contributed by atoms with van der Waals surface area (Å²) in [5, 5.41) is 27.8. The van der Waals surface area contributed by atoms with E-state index in [-0.39, 0.29) is 16.4 Å². The second-order valence-corrected chi connectivity index (χ2v) is 3.89. The van der Waals surface area contributed by atoms with Crippen LogP contribution in [-0.4, -0.2) is 33.8 Å². The zero-order valence-corrected chi connectivity index (χ0v) is 9.48. The molecule has 88 valence electrons. The molecule has 5 heteroatoms. The second kappa shape index (κ2) is 5.41. The molecule has 4 nitrogen and oxygen atoms in total. The summed E-state index contributed by atoms with van der Waals surface area (Å²) in [6.45, 7) is 0.844. The van der Waals surface area contributed by atoms with Crippen molar-refractivity contribution < 1.29 is 20.1 Å². The molecule has 1 aromatic rings. The Balaban J connectivity index is 3.03. The molecule has 0 saturated heterocycles. The normalized spacial score (nSPS) is 14.6. The molecule has 0 aromatic heterocycles. The van der Waals surface area contributed by atoms with Gasteiger partial charge in [0.15, 0.2) is 5.78 Å². The monoisotopic (exact) mass is 244 g/mol. The Morgan fingerprint density at radius 1 is 1.44 bits per heavy atom. The molecule has 0 fully saturated rings. The van der Waals surface area contributed by atoms with Crippen LogP contribution in [0.2, 0.25) is 5.02 Å². The number of carbonyl (C=O) groups excluding carboxylic acids is 1. The highest BCUT2D eigenvalue weighted by Crippen LogP contribution is 2.26. The predicted molar refractivity (Wildman–Crippen MR) is 59.5 cm³/mol. The fraction of sp³-hybridized carbons (Fsp3) is 0.364. The van der Waals surface area contributed by atoms with E-state index in [1.54, 1.807) is 0 Å². The van der Waals surface area contributed by atoms with Crippen molar-refractivity contribution in [3.63, 3.8) is 0 Å². The third kappa shape index (κ3) is 2.80. The number of aliphatic hydroxyl groups is 3. The fourth-order valence-corrected chi connectivity index (χ4v) is 1.59. The number of aliphatic hydroxyl groups excluding tert-OH is 3. The molecular weight excluding hydrogens is 232 g/mol. The van der Waals surface area contributed by atoms with Gasteiger partial charge in [-0.2, -0.15) is 0 Å². The van der Waals surface area contributed by atoms with Crippen LogP contribution >= 0.6 is 11.6 Å². The highest BCUT2D eigenvalue weighted by atomic mass is 35.5. The quantitative estimate of drug-likeness (QED) is 0.689. The van der Waals surface area contributed by atoms with Crippen LogP contribution in [0.4, 0.5) is 0 Å². The van der Waals surface area contributed by atoms with Gasteiger partial charge in [0.25, 0.3) is 0 Å². The molecule has 16 heavy (non-hydrogen) atoms. The van der Waals surface area contributed by atoms with Crippen LogP contribution in [0.1, 0.15) is 28.9 Å². The lowest BCUT2D eigenvalue weighted by Gasteiger charge is -2.17. The summed E-state index contributed by atoms with van der Waals surface area (Å²) in [7, 11) is 0. The smallest absolute Gasteiger partial charge is 0.159 e. The van der Waals surface area contributed by atoms with Gasteiger partial charge < -0.3 is 15.3 Å². The van der Waals surface area contributed by atoms with Crippen LogP contribution in [0, 0.1) is 0 Å². The second-order valence-electron chi connectivity index (χ2n) is 3.49. The van der Waals surface area contributed by atoms with Crippen molar-refractivity contribution in [3.05, 3.63) is 34.3 Å². The molecule has 3 N–H and O–H groups in total. The number of hydrogen-bond donors (Lipinski definition) is 3. The SMILES string of the molecule is CC(=O)c1ccc(C(O)C(O)CO)c(Cl)c1. The summed E-state index contributed by atoms with van der Waals surface area (Å²) in [4.78, 5) is 11.1. The molecule has 1 rings (SSSR count). The maximum atomic E-state index is 11.1. The molecule has 0 spiro atoms. The fourth-order valence-electron chi connectivity index (χ4n) is 1.29. The van der Waals surface area contributed by atoms with Crippen molar-refractivity contribution in [1.82, 2.24) is 0 Å². The first-order valence-electron chi connectivity index (χ1n) is 4.74. The summed E-state index contributed by atoms with van der Waals surface area (Å²) in [6, 6.07) is 4.39. The van der Waals surface area contributed by atoms with E-state index in [9.17, 15) is 15.0 Å². The van der Waals surface area contributed by atoms with Crippen molar-refractivity contribution in [2.24, 2.45) is 0 Å². The maximum Gasteiger partial charge on any atom is 0.159 e. The summed E-state index contributed by atoms with van der Waals surface area (Å²) < 4.78 is 0. The van der Waals surface area contributed by atoms with Crippen LogP contribution in [0.5, 0.6) is 0 Å². The minimum absolute atomic E-state index is 0.134. The maximum absolute atomic E-state index is 11.1. The van der Waals surface area contributed by atoms with Crippen molar-refractivity contribution in [3.8, 4) is 0 Å². The molecule has 0 radical (unpaired) electrons. The zero-order chi connectivity index (χ0) is 12.3. The first kappa shape index (κ1) is 13.1. The minimum atomic E-state index is -1.29. The van der Waals surface area contributed by atoms with E-state index in [1.165, 1.54) is 25.1 Å². The number of rotatable bonds is 4. The average molecular weight is 245 g/mol. The number of carbonyl (C=O) groups is 1. The van der Waals surface area contributed by atoms with E-state index in [2.05, 4.69) is 0 Å². The number of hydrogen-bond acceptors (Lipinski definition) is 4. The Kier molecular flexibility index (Phi) is 4.44. The first-order chi connectivity index (χ1) is 7.47. The summed E-state index contributed by atoms with van der Waals surface area (Å²) in [5.41, 5.74) is 0.715. The molecule has 2 atom stereocenters. The molecule has 0 aliphatic heterocycles. The van der Waals surface area contributed by atoms with Gasteiger partial charge in [-0.3, -0.25) is 4.79 Å². The number of halogens is 1.